The molecule has 1 aromatic carbocycles. The van der Waals surface area contributed by atoms with Crippen molar-refractivity contribution < 1.29 is 22.7 Å². The van der Waals surface area contributed by atoms with Crippen LogP contribution in [0, 0.1) is 19.8 Å². The van der Waals surface area contributed by atoms with Crippen LogP contribution in [0.3, 0.4) is 0 Å². The van der Waals surface area contributed by atoms with Crippen molar-refractivity contribution in [3.05, 3.63) is 29.3 Å². The van der Waals surface area contributed by atoms with E-state index in [9.17, 15) is 13.2 Å². The van der Waals surface area contributed by atoms with Gasteiger partial charge in [0.1, 0.15) is 5.75 Å². The predicted molar refractivity (Wildman–Crippen MR) is 95.1 cm³/mol. The molecular formula is C17H26N2O5S. The lowest BCUT2D eigenvalue weighted by Crippen LogP contribution is -2.45. The molecule has 0 radical (unpaired) electrons. The van der Waals surface area contributed by atoms with Gasteiger partial charge in [0.25, 0.3) is 5.91 Å². The number of rotatable bonds is 7. The van der Waals surface area contributed by atoms with E-state index in [0.29, 0.717) is 19.0 Å². The molecule has 1 amide bonds. The SMILES string of the molecule is Cc1ccc(OCC(=O)N[C@H]2COC[C@H]2CS(=O)(=O)N(C)C)cc1C. The first-order chi connectivity index (χ1) is 11.7. The molecule has 2 rings (SSSR count). The maximum atomic E-state index is 12.1. The van der Waals surface area contributed by atoms with Crippen LogP contribution in [-0.2, 0) is 19.6 Å². The van der Waals surface area contributed by atoms with E-state index in [1.165, 1.54) is 18.4 Å². The zero-order chi connectivity index (χ0) is 18.6. The van der Waals surface area contributed by atoms with Crippen LogP contribution in [-0.4, -0.2) is 64.3 Å². The number of nitrogens with one attached hydrogen (secondary N) is 1. The first kappa shape index (κ1) is 19.7. The van der Waals surface area contributed by atoms with Gasteiger partial charge in [0.05, 0.1) is 25.0 Å². The maximum absolute atomic E-state index is 12.1. The minimum atomic E-state index is -3.34. The summed E-state index contributed by atoms with van der Waals surface area (Å²) in [6.07, 6.45) is 0. The highest BCUT2D eigenvalue weighted by Gasteiger charge is 2.34. The summed E-state index contributed by atoms with van der Waals surface area (Å²) < 4.78 is 36.1. The summed E-state index contributed by atoms with van der Waals surface area (Å²) in [7, 11) is -0.351. The first-order valence-electron chi connectivity index (χ1n) is 8.16. The summed E-state index contributed by atoms with van der Waals surface area (Å²) in [6.45, 7) is 4.49. The summed E-state index contributed by atoms with van der Waals surface area (Å²) in [5.74, 6) is 0.0229. The maximum Gasteiger partial charge on any atom is 0.258 e. The first-order valence-corrected chi connectivity index (χ1v) is 9.77. The Morgan fingerprint density at radius 1 is 1.28 bits per heavy atom. The number of carbonyl (C=O) groups is 1. The zero-order valence-corrected chi connectivity index (χ0v) is 15.9. The van der Waals surface area contributed by atoms with Gasteiger partial charge in [-0.1, -0.05) is 6.07 Å². The second-order valence-corrected chi connectivity index (χ2v) is 8.79. The lowest BCUT2D eigenvalue weighted by atomic mass is 10.1. The summed E-state index contributed by atoms with van der Waals surface area (Å²) in [4.78, 5) is 12.1. The molecule has 0 bridgehead atoms. The van der Waals surface area contributed by atoms with Gasteiger partial charge in [-0.25, -0.2) is 12.7 Å². The second kappa shape index (κ2) is 8.16. The normalized spacial score (nSPS) is 20.7. The van der Waals surface area contributed by atoms with Crippen LogP contribution >= 0.6 is 0 Å². The number of aryl methyl sites for hydroxylation is 2. The molecule has 25 heavy (non-hydrogen) atoms. The number of hydrogen-bond acceptors (Lipinski definition) is 5. The number of benzene rings is 1. The number of sulfonamides is 1. The van der Waals surface area contributed by atoms with E-state index in [0.717, 1.165) is 11.1 Å². The van der Waals surface area contributed by atoms with Crippen LogP contribution in [0.5, 0.6) is 5.75 Å². The van der Waals surface area contributed by atoms with Gasteiger partial charge >= 0.3 is 0 Å². The van der Waals surface area contributed by atoms with E-state index in [1.54, 1.807) is 0 Å². The van der Waals surface area contributed by atoms with Crippen molar-refractivity contribution >= 4 is 15.9 Å². The third-order valence-electron chi connectivity index (χ3n) is 4.37. The Labute approximate surface area is 149 Å². The van der Waals surface area contributed by atoms with Crippen molar-refractivity contribution in [3.63, 3.8) is 0 Å². The lowest BCUT2D eigenvalue weighted by molar-refractivity contribution is -0.124. The van der Waals surface area contributed by atoms with Gasteiger partial charge in [-0.15, -0.1) is 0 Å². The van der Waals surface area contributed by atoms with Crippen molar-refractivity contribution in [3.8, 4) is 5.75 Å². The molecule has 0 unspecified atom stereocenters. The Morgan fingerprint density at radius 2 is 2.00 bits per heavy atom. The van der Waals surface area contributed by atoms with Gasteiger partial charge in [-0.05, 0) is 37.1 Å². The molecule has 0 spiro atoms. The molecule has 8 heteroatoms. The monoisotopic (exact) mass is 370 g/mol. The molecule has 0 aromatic heterocycles. The molecule has 1 aromatic rings. The van der Waals surface area contributed by atoms with E-state index < -0.39 is 10.0 Å². The van der Waals surface area contributed by atoms with Gasteiger partial charge in [-0.2, -0.15) is 0 Å². The standard InChI is InChI=1S/C17H26N2O5S/c1-12-5-6-15(7-13(12)2)24-10-17(20)18-16-9-23-8-14(16)11-25(21,22)19(3)4/h5-7,14,16H,8-11H2,1-4H3,(H,18,20)/t14-,16-/m0/s1. The molecule has 0 aliphatic carbocycles. The van der Waals surface area contributed by atoms with Crippen LogP contribution in [0.1, 0.15) is 11.1 Å². The van der Waals surface area contributed by atoms with E-state index in [1.807, 2.05) is 32.0 Å². The van der Waals surface area contributed by atoms with Crippen LogP contribution < -0.4 is 10.1 Å². The molecule has 1 N–H and O–H groups in total. The number of hydrogen-bond donors (Lipinski definition) is 1. The Hall–Kier alpha value is -1.64. The topological polar surface area (TPSA) is 84.9 Å². The minimum absolute atomic E-state index is 0.0526. The Bertz CT molecular complexity index is 718. The number of carbonyl (C=O) groups excluding carboxylic acids is 1. The fourth-order valence-corrected chi connectivity index (χ4v) is 3.71. The average Bonchev–Trinajstić information content (AvgIpc) is 2.94. The molecule has 1 saturated heterocycles. The van der Waals surface area contributed by atoms with E-state index in [4.69, 9.17) is 9.47 Å². The molecule has 0 saturated carbocycles. The van der Waals surface area contributed by atoms with Gasteiger partial charge in [0.2, 0.25) is 10.0 Å². The van der Waals surface area contributed by atoms with Crippen molar-refractivity contribution in [2.45, 2.75) is 19.9 Å². The summed E-state index contributed by atoms with van der Waals surface area (Å²) in [6, 6.07) is 5.31. The van der Waals surface area contributed by atoms with Crippen LogP contribution in [0.4, 0.5) is 0 Å². The summed E-state index contributed by atoms with van der Waals surface area (Å²) in [5, 5.41) is 2.81. The van der Waals surface area contributed by atoms with Crippen molar-refractivity contribution in [1.29, 1.82) is 0 Å². The average molecular weight is 370 g/mol. The van der Waals surface area contributed by atoms with Gasteiger partial charge in [0, 0.05) is 20.0 Å². The molecule has 1 aliphatic heterocycles. The smallest absolute Gasteiger partial charge is 0.258 e. The second-order valence-electron chi connectivity index (χ2n) is 6.57. The Morgan fingerprint density at radius 3 is 2.64 bits per heavy atom. The quantitative estimate of drug-likeness (QED) is 0.764. The van der Waals surface area contributed by atoms with Gasteiger partial charge < -0.3 is 14.8 Å². The molecular weight excluding hydrogens is 344 g/mol. The molecule has 1 aliphatic rings. The van der Waals surface area contributed by atoms with E-state index in [2.05, 4.69) is 5.32 Å². The largest absolute Gasteiger partial charge is 0.484 e. The number of amides is 1. The van der Waals surface area contributed by atoms with E-state index in [-0.39, 0.29) is 30.2 Å². The van der Waals surface area contributed by atoms with Crippen molar-refractivity contribution in [2.75, 3.05) is 39.7 Å². The molecule has 1 heterocycles. The third kappa shape index (κ3) is 5.42. The zero-order valence-electron chi connectivity index (χ0n) is 15.1. The molecule has 140 valence electrons. The van der Waals surface area contributed by atoms with Crippen molar-refractivity contribution in [2.24, 2.45) is 5.92 Å². The fourth-order valence-electron chi connectivity index (χ4n) is 2.54. The van der Waals surface area contributed by atoms with Crippen LogP contribution in [0.15, 0.2) is 18.2 Å². The molecule has 1 fully saturated rings. The molecule has 2 atom stereocenters. The minimum Gasteiger partial charge on any atom is -0.484 e. The highest BCUT2D eigenvalue weighted by atomic mass is 32.2. The number of ether oxygens (including phenoxy) is 2. The fraction of sp³-hybridized carbons (Fsp3) is 0.588. The summed E-state index contributed by atoms with van der Waals surface area (Å²) >= 11 is 0. The third-order valence-corrected chi connectivity index (χ3v) is 6.34. The highest BCUT2D eigenvalue weighted by molar-refractivity contribution is 7.89. The number of nitrogens with zero attached hydrogens (tertiary/aromatic N) is 1. The Balaban J connectivity index is 1.87. The van der Waals surface area contributed by atoms with Gasteiger partial charge in [-0.3, -0.25) is 4.79 Å². The lowest BCUT2D eigenvalue weighted by Gasteiger charge is -2.21. The van der Waals surface area contributed by atoms with Crippen LogP contribution in [0.25, 0.3) is 0 Å². The highest BCUT2D eigenvalue weighted by Crippen LogP contribution is 2.18. The summed E-state index contributed by atoms with van der Waals surface area (Å²) in [5.41, 5.74) is 2.25. The van der Waals surface area contributed by atoms with Gasteiger partial charge in [0.15, 0.2) is 6.61 Å². The van der Waals surface area contributed by atoms with Crippen molar-refractivity contribution in [1.82, 2.24) is 9.62 Å². The molecule has 7 nitrogen and oxygen atoms in total. The van der Waals surface area contributed by atoms with Crippen LogP contribution in [0.2, 0.25) is 0 Å². The Kier molecular flexibility index (Phi) is 6.42. The van der Waals surface area contributed by atoms with E-state index >= 15 is 0 Å². The predicted octanol–water partition coefficient (Wildman–Crippen LogP) is 0.705.